The van der Waals surface area contributed by atoms with Gasteiger partial charge in [0.1, 0.15) is 11.5 Å². The van der Waals surface area contributed by atoms with Crippen molar-refractivity contribution in [2.45, 2.75) is 31.3 Å². The summed E-state index contributed by atoms with van der Waals surface area (Å²) < 4.78 is 42.9. The van der Waals surface area contributed by atoms with Gasteiger partial charge < -0.3 is 4.42 Å². The molecule has 2 aromatic rings. The van der Waals surface area contributed by atoms with Crippen LogP contribution in [0.5, 0.6) is 0 Å². The maximum Gasteiger partial charge on any atom is 0.416 e. The van der Waals surface area contributed by atoms with Gasteiger partial charge in [0, 0.05) is 10.4 Å². The lowest BCUT2D eigenvalue weighted by molar-refractivity contribution is -0.137. The van der Waals surface area contributed by atoms with Crippen LogP contribution in [0.25, 0.3) is 0 Å². The number of rotatable bonds is 3. The molecule has 0 spiro atoms. The van der Waals surface area contributed by atoms with Gasteiger partial charge in [-0.05, 0) is 44.0 Å². The van der Waals surface area contributed by atoms with Crippen molar-refractivity contribution in [3.05, 3.63) is 58.5 Å². The van der Waals surface area contributed by atoms with Gasteiger partial charge in [-0.25, -0.2) is 0 Å². The molecule has 1 nitrogen and oxygen atoms in total. The van der Waals surface area contributed by atoms with Gasteiger partial charge in [0.25, 0.3) is 0 Å². The summed E-state index contributed by atoms with van der Waals surface area (Å²) in [4.78, 5) is 0.0247. The Balaban J connectivity index is 2.12. The molecule has 0 aliphatic heterocycles. The second-order valence-electron chi connectivity index (χ2n) is 4.73. The van der Waals surface area contributed by atoms with Gasteiger partial charge in [-0.3, -0.25) is 0 Å². The number of alkyl halides is 4. The molecule has 0 aliphatic carbocycles. The molecule has 0 saturated carbocycles. The van der Waals surface area contributed by atoms with Crippen LogP contribution < -0.4 is 0 Å². The molecular weight excluding hydrogens is 333 g/mol. The molecule has 0 saturated heterocycles. The Morgan fingerprint density at radius 1 is 1.15 bits per heavy atom. The number of aryl methyl sites for hydroxylation is 2. The Bertz CT molecular complexity index is 584. The second-order valence-corrected chi connectivity index (χ2v) is 5.84. The summed E-state index contributed by atoms with van der Waals surface area (Å²) in [5.41, 5.74) is 1.25. The molecule has 0 N–H and O–H groups in total. The first kappa shape index (κ1) is 15.2. The Kier molecular flexibility index (Phi) is 4.28. The number of benzene rings is 1. The van der Waals surface area contributed by atoms with Crippen LogP contribution in [0.1, 0.15) is 33.0 Å². The Morgan fingerprint density at radius 2 is 1.75 bits per heavy atom. The lowest BCUT2D eigenvalue weighted by Gasteiger charge is -2.11. The minimum Gasteiger partial charge on any atom is -0.466 e. The summed E-state index contributed by atoms with van der Waals surface area (Å²) in [6.45, 7) is 3.75. The third kappa shape index (κ3) is 3.45. The van der Waals surface area contributed by atoms with Crippen LogP contribution in [0.4, 0.5) is 13.2 Å². The number of halogens is 4. The van der Waals surface area contributed by atoms with E-state index in [1.165, 1.54) is 12.1 Å². The fraction of sp³-hybridized carbons (Fsp3) is 0.333. The van der Waals surface area contributed by atoms with Crippen LogP contribution in [0.2, 0.25) is 0 Å². The monoisotopic (exact) mass is 346 g/mol. The Morgan fingerprint density at radius 3 is 2.20 bits per heavy atom. The third-order valence-corrected chi connectivity index (χ3v) is 3.93. The summed E-state index contributed by atoms with van der Waals surface area (Å²) in [6.07, 6.45) is -3.68. The van der Waals surface area contributed by atoms with Crippen LogP contribution in [-0.2, 0) is 12.6 Å². The maximum absolute atomic E-state index is 12.5. The number of hydrogen-bond donors (Lipinski definition) is 0. The van der Waals surface area contributed by atoms with Crippen molar-refractivity contribution >= 4 is 15.9 Å². The average Bonchev–Trinajstić information content (AvgIpc) is 2.68. The van der Waals surface area contributed by atoms with Gasteiger partial charge in [0.05, 0.1) is 5.56 Å². The van der Waals surface area contributed by atoms with Crippen LogP contribution >= 0.6 is 15.9 Å². The Hall–Kier alpha value is -1.23. The topological polar surface area (TPSA) is 13.1 Å². The van der Waals surface area contributed by atoms with Gasteiger partial charge in [-0.1, -0.05) is 28.1 Å². The van der Waals surface area contributed by atoms with Gasteiger partial charge in [-0.15, -0.1) is 0 Å². The molecule has 20 heavy (non-hydrogen) atoms. The number of hydrogen-bond acceptors (Lipinski definition) is 1. The minimum absolute atomic E-state index is 0.0247. The molecule has 2 rings (SSSR count). The highest BCUT2D eigenvalue weighted by Crippen LogP contribution is 2.33. The van der Waals surface area contributed by atoms with Crippen molar-refractivity contribution in [2.24, 2.45) is 0 Å². The molecule has 0 aliphatic rings. The van der Waals surface area contributed by atoms with Crippen molar-refractivity contribution in [3.8, 4) is 0 Å². The van der Waals surface area contributed by atoms with E-state index in [-0.39, 0.29) is 4.83 Å². The van der Waals surface area contributed by atoms with Crippen LogP contribution in [0.3, 0.4) is 0 Å². The van der Waals surface area contributed by atoms with E-state index in [2.05, 4.69) is 15.9 Å². The molecule has 5 heteroatoms. The summed E-state index contributed by atoms with van der Waals surface area (Å²) in [5.74, 6) is 1.66. The molecule has 1 aromatic heterocycles. The summed E-state index contributed by atoms with van der Waals surface area (Å²) >= 11 is 3.56. The molecule has 1 unspecified atom stereocenters. The lowest BCUT2D eigenvalue weighted by atomic mass is 10.0. The molecule has 0 fully saturated rings. The van der Waals surface area contributed by atoms with Crippen LogP contribution in [0, 0.1) is 13.8 Å². The van der Waals surface area contributed by atoms with E-state index >= 15 is 0 Å². The molecule has 1 atom stereocenters. The van der Waals surface area contributed by atoms with Crippen molar-refractivity contribution in [3.63, 3.8) is 0 Å². The predicted octanol–water partition coefficient (Wildman–Crippen LogP) is 5.59. The van der Waals surface area contributed by atoms with Crippen LogP contribution in [-0.4, -0.2) is 0 Å². The fourth-order valence-corrected chi connectivity index (χ4v) is 2.94. The summed E-state index contributed by atoms with van der Waals surface area (Å²) in [6, 6.07) is 7.20. The summed E-state index contributed by atoms with van der Waals surface area (Å²) in [7, 11) is 0. The number of furan rings is 1. The van der Waals surface area contributed by atoms with Gasteiger partial charge >= 0.3 is 6.18 Å². The normalized spacial score (nSPS) is 13.5. The molecule has 1 heterocycles. The zero-order chi connectivity index (χ0) is 14.9. The van der Waals surface area contributed by atoms with E-state index in [1.807, 2.05) is 19.9 Å². The first-order valence-electron chi connectivity index (χ1n) is 6.14. The summed E-state index contributed by atoms with van der Waals surface area (Å²) in [5, 5.41) is 0. The van der Waals surface area contributed by atoms with Crippen molar-refractivity contribution in [1.29, 1.82) is 0 Å². The molecule has 0 bridgehead atoms. The predicted molar refractivity (Wildman–Crippen MR) is 75.0 cm³/mol. The van der Waals surface area contributed by atoms with E-state index in [4.69, 9.17) is 4.42 Å². The highest BCUT2D eigenvalue weighted by molar-refractivity contribution is 9.09. The Labute approximate surface area is 123 Å². The van der Waals surface area contributed by atoms with E-state index in [1.54, 1.807) is 0 Å². The average molecular weight is 347 g/mol. The third-order valence-electron chi connectivity index (χ3n) is 3.11. The van der Waals surface area contributed by atoms with Gasteiger partial charge in [0.15, 0.2) is 0 Å². The highest BCUT2D eigenvalue weighted by atomic mass is 79.9. The van der Waals surface area contributed by atoms with Gasteiger partial charge in [-0.2, -0.15) is 13.2 Å². The largest absolute Gasteiger partial charge is 0.466 e. The first-order valence-corrected chi connectivity index (χ1v) is 7.06. The standard InChI is InChI=1S/C15H14BrF3O/c1-9-7-13(10(2)20-9)14(16)8-11-3-5-12(6-4-11)15(17,18)19/h3-7,14H,8H2,1-2H3. The molecular formula is C15H14BrF3O. The second kappa shape index (κ2) is 5.64. The van der Waals surface area contributed by atoms with Crippen LogP contribution in [0.15, 0.2) is 34.7 Å². The maximum atomic E-state index is 12.5. The quantitative estimate of drug-likeness (QED) is 0.660. The van der Waals surface area contributed by atoms with Crippen molar-refractivity contribution in [2.75, 3.05) is 0 Å². The smallest absolute Gasteiger partial charge is 0.416 e. The lowest BCUT2D eigenvalue weighted by Crippen LogP contribution is -2.05. The molecule has 1 aromatic carbocycles. The van der Waals surface area contributed by atoms with E-state index < -0.39 is 11.7 Å². The molecule has 0 amide bonds. The fourth-order valence-electron chi connectivity index (χ4n) is 2.11. The zero-order valence-corrected chi connectivity index (χ0v) is 12.7. The molecule has 0 radical (unpaired) electrons. The van der Waals surface area contributed by atoms with Crippen molar-refractivity contribution in [1.82, 2.24) is 0 Å². The SMILES string of the molecule is Cc1cc(C(Br)Cc2ccc(C(F)(F)F)cc2)c(C)o1. The minimum atomic E-state index is -4.29. The van der Waals surface area contributed by atoms with E-state index in [9.17, 15) is 13.2 Å². The van der Waals surface area contributed by atoms with Gasteiger partial charge in [0.2, 0.25) is 0 Å². The van der Waals surface area contributed by atoms with Crippen molar-refractivity contribution < 1.29 is 17.6 Å². The first-order chi connectivity index (χ1) is 9.27. The van der Waals surface area contributed by atoms with E-state index in [0.717, 1.165) is 34.8 Å². The zero-order valence-electron chi connectivity index (χ0n) is 11.1. The van der Waals surface area contributed by atoms with E-state index in [0.29, 0.717) is 6.42 Å². The molecule has 108 valence electrons. The highest BCUT2D eigenvalue weighted by Gasteiger charge is 2.30.